The van der Waals surface area contributed by atoms with Gasteiger partial charge < -0.3 is 24.7 Å². The Morgan fingerprint density at radius 3 is 2.62 bits per heavy atom. The van der Waals surface area contributed by atoms with Crippen molar-refractivity contribution in [2.24, 2.45) is 5.73 Å². The van der Waals surface area contributed by atoms with Gasteiger partial charge in [0, 0.05) is 37.2 Å². The Morgan fingerprint density at radius 1 is 1.15 bits per heavy atom. The second-order valence-electron chi connectivity index (χ2n) is 8.34. The number of halogens is 2. The third-order valence-electron chi connectivity index (χ3n) is 5.83. The highest BCUT2D eigenvalue weighted by Crippen LogP contribution is 2.37. The number of anilines is 2. The van der Waals surface area contributed by atoms with Gasteiger partial charge in [-0.15, -0.1) is 5.10 Å². The molecule has 0 saturated carbocycles. The van der Waals surface area contributed by atoms with E-state index in [4.69, 9.17) is 26.5 Å². The summed E-state index contributed by atoms with van der Waals surface area (Å²) in [6.45, 7) is 2.86. The molecule has 1 aromatic heterocycles. The number of nitrogens with zero attached hydrogens (tertiary/aromatic N) is 4. The predicted octanol–water partition coefficient (Wildman–Crippen LogP) is 2.49. The van der Waals surface area contributed by atoms with Crippen LogP contribution >= 0.6 is 11.6 Å². The van der Waals surface area contributed by atoms with Crippen molar-refractivity contribution in [1.29, 1.82) is 0 Å². The Balaban J connectivity index is 1.56. The molecule has 1 saturated heterocycles. The van der Waals surface area contributed by atoms with Crippen molar-refractivity contribution in [2.75, 3.05) is 48.4 Å². The van der Waals surface area contributed by atoms with E-state index in [2.05, 4.69) is 10.2 Å². The van der Waals surface area contributed by atoms with E-state index >= 15 is 4.39 Å². The van der Waals surface area contributed by atoms with Crippen molar-refractivity contribution in [3.8, 4) is 11.5 Å². The molecule has 2 aromatic carbocycles. The predicted molar refractivity (Wildman–Crippen MR) is 125 cm³/mol. The molecule has 0 bridgehead atoms. The van der Waals surface area contributed by atoms with Gasteiger partial charge in [0.15, 0.2) is 9.84 Å². The van der Waals surface area contributed by atoms with E-state index in [9.17, 15) is 8.42 Å². The Kier molecular flexibility index (Phi) is 6.19. The smallest absolute Gasteiger partial charge is 0.318 e. The summed E-state index contributed by atoms with van der Waals surface area (Å²) in [4.78, 5) is 3.58. The van der Waals surface area contributed by atoms with Crippen LogP contribution in [0.25, 0.3) is 11.5 Å². The Bertz CT molecular complexity index is 1300. The average Bonchev–Trinajstić information content (AvgIpc) is 3.27. The van der Waals surface area contributed by atoms with E-state index in [1.165, 1.54) is 6.07 Å². The van der Waals surface area contributed by atoms with Crippen molar-refractivity contribution in [1.82, 2.24) is 10.2 Å². The number of sulfone groups is 1. The lowest BCUT2D eigenvalue weighted by Gasteiger charge is -2.26. The largest absolute Gasteiger partial charge is 0.403 e. The second kappa shape index (κ2) is 9.14. The van der Waals surface area contributed by atoms with Crippen LogP contribution in [0.1, 0.15) is 5.56 Å². The molecule has 180 valence electrons. The van der Waals surface area contributed by atoms with Gasteiger partial charge in [-0.05, 0) is 29.8 Å². The molecule has 0 radical (unpaired) electrons. The number of nitrogens with two attached hydrogens (primary N) is 1. The van der Waals surface area contributed by atoms with Crippen molar-refractivity contribution >= 4 is 33.1 Å². The number of hydrogen-bond donors (Lipinski definition) is 1. The maximum atomic E-state index is 15.2. The Labute approximate surface area is 201 Å². The number of fused-ring (bicyclic) bond motifs is 1. The lowest BCUT2D eigenvalue weighted by Crippen LogP contribution is -2.39. The molecule has 0 spiro atoms. The molecular weight excluding hydrogens is 485 g/mol. The highest BCUT2D eigenvalue weighted by molar-refractivity contribution is 7.91. The van der Waals surface area contributed by atoms with E-state index in [-0.39, 0.29) is 34.7 Å². The van der Waals surface area contributed by atoms with Gasteiger partial charge in [-0.25, -0.2) is 12.8 Å². The third-order valence-corrected chi connectivity index (χ3v) is 7.94. The van der Waals surface area contributed by atoms with Gasteiger partial charge in [0.1, 0.15) is 5.82 Å². The first-order valence-corrected chi connectivity index (χ1v) is 12.8. The molecule has 3 heterocycles. The van der Waals surface area contributed by atoms with Gasteiger partial charge >= 0.3 is 6.01 Å². The zero-order valence-electron chi connectivity index (χ0n) is 18.2. The molecule has 1 atom stereocenters. The minimum Gasteiger partial charge on any atom is -0.403 e. The fourth-order valence-electron chi connectivity index (χ4n) is 4.18. The summed E-state index contributed by atoms with van der Waals surface area (Å²) in [6.07, 6.45) is 0. The molecule has 12 heteroatoms. The van der Waals surface area contributed by atoms with Crippen molar-refractivity contribution < 1.29 is 22.0 Å². The molecule has 3 aromatic rings. The van der Waals surface area contributed by atoms with Crippen molar-refractivity contribution in [3.05, 3.63) is 52.8 Å². The lowest BCUT2D eigenvalue weighted by atomic mass is 10.1. The van der Waals surface area contributed by atoms with Gasteiger partial charge in [0.05, 0.1) is 35.1 Å². The van der Waals surface area contributed by atoms with Gasteiger partial charge in [0.2, 0.25) is 0 Å². The molecule has 0 unspecified atom stereocenters. The minimum absolute atomic E-state index is 0.0255. The lowest BCUT2D eigenvalue weighted by molar-refractivity contribution is 0.120. The third kappa shape index (κ3) is 4.61. The zero-order valence-corrected chi connectivity index (χ0v) is 19.7. The summed E-state index contributed by atoms with van der Waals surface area (Å²) >= 11 is 6.00. The Morgan fingerprint density at radius 2 is 1.88 bits per heavy atom. The zero-order chi connectivity index (χ0) is 23.9. The van der Waals surface area contributed by atoms with E-state index in [1.54, 1.807) is 12.1 Å². The molecule has 2 aliphatic heterocycles. The standard InChI is InChI=1S/C22H23ClFN5O4S/c23-15-3-1-14(2-4-15)11-29-12-16(25)13-34(30,31)20-10-18(24)17(9-19(20)29)21-26-27-22(33-21)28-5-7-32-8-6-28/h1-4,9-10,16H,5-8,11-13,25H2/t16-/m1/s1. The van der Waals surface area contributed by atoms with Crippen LogP contribution in [0, 0.1) is 5.82 Å². The fourth-order valence-corrected chi connectivity index (χ4v) is 5.94. The summed E-state index contributed by atoms with van der Waals surface area (Å²) in [5.74, 6) is -1.07. The minimum atomic E-state index is -3.81. The van der Waals surface area contributed by atoms with Gasteiger partial charge in [-0.3, -0.25) is 0 Å². The quantitative estimate of drug-likeness (QED) is 0.568. The topological polar surface area (TPSA) is 115 Å². The van der Waals surface area contributed by atoms with Crippen molar-refractivity contribution in [3.63, 3.8) is 0 Å². The van der Waals surface area contributed by atoms with E-state index < -0.39 is 21.7 Å². The highest BCUT2D eigenvalue weighted by atomic mass is 35.5. The SMILES string of the molecule is N[C@@H]1CN(Cc2ccc(Cl)cc2)c2cc(-c3nnc(N4CCOCC4)o3)c(F)cc2S(=O)(=O)C1. The normalized spacial score (nSPS) is 20.1. The van der Waals surface area contributed by atoms with Crippen LogP contribution in [0.15, 0.2) is 45.7 Å². The van der Waals surface area contributed by atoms with Gasteiger partial charge in [0.25, 0.3) is 5.89 Å². The van der Waals surface area contributed by atoms with Gasteiger partial charge in [-0.1, -0.05) is 28.8 Å². The number of hydrogen-bond acceptors (Lipinski definition) is 9. The Hall–Kier alpha value is -2.73. The maximum Gasteiger partial charge on any atom is 0.318 e. The number of rotatable bonds is 4. The molecule has 0 aliphatic carbocycles. The maximum absolute atomic E-state index is 15.2. The van der Waals surface area contributed by atoms with Crippen LogP contribution in [0.5, 0.6) is 0 Å². The molecule has 2 aliphatic rings. The molecule has 2 N–H and O–H groups in total. The van der Waals surface area contributed by atoms with Crippen LogP contribution < -0.4 is 15.5 Å². The van der Waals surface area contributed by atoms with Crippen LogP contribution in [0.3, 0.4) is 0 Å². The first-order valence-electron chi connectivity index (χ1n) is 10.8. The molecule has 9 nitrogen and oxygen atoms in total. The summed E-state index contributed by atoms with van der Waals surface area (Å²) in [6, 6.07) is 9.31. The number of morpholine rings is 1. The molecule has 1 fully saturated rings. The van der Waals surface area contributed by atoms with Crippen LogP contribution in [0.4, 0.5) is 16.1 Å². The van der Waals surface area contributed by atoms with E-state index in [0.29, 0.717) is 43.6 Å². The second-order valence-corrected chi connectivity index (χ2v) is 10.8. The molecule has 0 amide bonds. The van der Waals surface area contributed by atoms with Crippen LogP contribution in [-0.2, 0) is 21.1 Å². The van der Waals surface area contributed by atoms with E-state index in [1.807, 2.05) is 21.9 Å². The summed E-state index contributed by atoms with van der Waals surface area (Å²) in [5, 5.41) is 8.66. The van der Waals surface area contributed by atoms with Crippen LogP contribution in [0.2, 0.25) is 5.02 Å². The summed E-state index contributed by atoms with van der Waals surface area (Å²) in [7, 11) is -3.81. The fraction of sp³-hybridized carbons (Fsp3) is 0.364. The van der Waals surface area contributed by atoms with E-state index in [0.717, 1.165) is 11.6 Å². The number of benzene rings is 2. The summed E-state index contributed by atoms with van der Waals surface area (Å²) < 4.78 is 52.3. The number of ether oxygens (including phenoxy) is 1. The van der Waals surface area contributed by atoms with Crippen molar-refractivity contribution in [2.45, 2.75) is 17.5 Å². The molecular formula is C22H23ClFN5O4S. The van der Waals surface area contributed by atoms with Gasteiger partial charge in [-0.2, -0.15) is 0 Å². The first kappa shape index (κ1) is 23.0. The molecule has 5 rings (SSSR count). The number of aromatic nitrogens is 2. The summed E-state index contributed by atoms with van der Waals surface area (Å²) in [5.41, 5.74) is 7.41. The highest BCUT2D eigenvalue weighted by Gasteiger charge is 2.32. The first-order chi connectivity index (χ1) is 16.3. The average molecular weight is 508 g/mol. The monoisotopic (exact) mass is 507 g/mol. The molecule has 34 heavy (non-hydrogen) atoms. The van der Waals surface area contributed by atoms with Crippen LogP contribution in [-0.4, -0.2) is 63.3 Å².